The lowest BCUT2D eigenvalue weighted by Crippen LogP contribution is -2.29. The maximum absolute atomic E-state index is 12.0. The summed E-state index contributed by atoms with van der Waals surface area (Å²) in [4.78, 5) is 23.9. The molecule has 136 valence electrons. The molecule has 0 spiro atoms. The van der Waals surface area contributed by atoms with E-state index < -0.39 is 24.6 Å². The van der Waals surface area contributed by atoms with Gasteiger partial charge in [-0.1, -0.05) is 18.2 Å². The Kier molecular flexibility index (Phi) is 5.58. The number of para-hydroxylation sites is 1. The van der Waals surface area contributed by atoms with Crippen LogP contribution in [0.25, 0.3) is 0 Å². The third-order valence-corrected chi connectivity index (χ3v) is 3.56. The van der Waals surface area contributed by atoms with Gasteiger partial charge in [0, 0.05) is 11.8 Å². The highest BCUT2D eigenvalue weighted by Gasteiger charge is 2.18. The van der Waals surface area contributed by atoms with Crippen LogP contribution in [0.3, 0.4) is 0 Å². The summed E-state index contributed by atoms with van der Waals surface area (Å²) in [6, 6.07) is 14.0. The van der Waals surface area contributed by atoms with E-state index in [0.29, 0.717) is 36.1 Å². The van der Waals surface area contributed by atoms with Crippen molar-refractivity contribution in [2.75, 3.05) is 25.1 Å². The Morgan fingerprint density at radius 1 is 1.08 bits per heavy atom. The van der Waals surface area contributed by atoms with Crippen LogP contribution in [0, 0.1) is 0 Å². The molecular weight excluding hydrogens is 338 g/mol. The van der Waals surface area contributed by atoms with Crippen molar-refractivity contribution in [2.45, 2.75) is 13.0 Å². The molecule has 1 amide bonds. The van der Waals surface area contributed by atoms with Gasteiger partial charge in [0.1, 0.15) is 19.0 Å². The van der Waals surface area contributed by atoms with Crippen LogP contribution in [0.1, 0.15) is 6.92 Å². The first-order valence-electron chi connectivity index (χ1n) is 8.19. The van der Waals surface area contributed by atoms with E-state index in [1.807, 2.05) is 6.07 Å². The fourth-order valence-corrected chi connectivity index (χ4v) is 2.32. The van der Waals surface area contributed by atoms with Crippen LogP contribution in [0.5, 0.6) is 17.2 Å². The molecule has 7 nitrogen and oxygen atoms in total. The highest BCUT2D eigenvalue weighted by Crippen LogP contribution is 2.32. The second-order valence-corrected chi connectivity index (χ2v) is 5.59. The Morgan fingerprint density at radius 3 is 2.58 bits per heavy atom. The third kappa shape index (κ3) is 4.66. The molecule has 0 saturated heterocycles. The van der Waals surface area contributed by atoms with Crippen molar-refractivity contribution in [1.29, 1.82) is 0 Å². The SMILES string of the molecule is C[C@@H](Oc1ccccc1)C(=O)OCC(=O)Nc1ccc2c(c1)OCCO2. The molecule has 0 fully saturated rings. The molecule has 26 heavy (non-hydrogen) atoms. The van der Waals surface area contributed by atoms with Crippen LogP contribution in [0.15, 0.2) is 48.5 Å². The van der Waals surface area contributed by atoms with Crippen molar-refractivity contribution in [3.63, 3.8) is 0 Å². The van der Waals surface area contributed by atoms with E-state index >= 15 is 0 Å². The summed E-state index contributed by atoms with van der Waals surface area (Å²) in [5.74, 6) is 0.675. The van der Waals surface area contributed by atoms with Gasteiger partial charge in [0.2, 0.25) is 0 Å². The van der Waals surface area contributed by atoms with E-state index in [0.717, 1.165) is 0 Å². The predicted octanol–water partition coefficient (Wildman–Crippen LogP) is 2.41. The number of amides is 1. The average molecular weight is 357 g/mol. The van der Waals surface area contributed by atoms with Crippen LogP contribution >= 0.6 is 0 Å². The Labute approximate surface area is 150 Å². The number of hydrogen-bond acceptors (Lipinski definition) is 6. The molecule has 3 rings (SSSR count). The molecule has 0 radical (unpaired) electrons. The number of esters is 1. The van der Waals surface area contributed by atoms with Crippen molar-refractivity contribution in [3.8, 4) is 17.2 Å². The predicted molar refractivity (Wildman–Crippen MR) is 93.6 cm³/mol. The van der Waals surface area contributed by atoms with Crippen LogP contribution in [0.2, 0.25) is 0 Å². The highest BCUT2D eigenvalue weighted by molar-refractivity contribution is 5.93. The fourth-order valence-electron chi connectivity index (χ4n) is 2.32. The topological polar surface area (TPSA) is 83.1 Å². The third-order valence-electron chi connectivity index (χ3n) is 3.56. The quantitative estimate of drug-likeness (QED) is 0.800. The second-order valence-electron chi connectivity index (χ2n) is 5.59. The number of hydrogen-bond donors (Lipinski definition) is 1. The lowest BCUT2D eigenvalue weighted by Gasteiger charge is -2.19. The number of nitrogens with one attached hydrogen (secondary N) is 1. The molecule has 1 atom stereocenters. The standard InChI is InChI=1S/C19H19NO6/c1-13(26-15-5-3-2-4-6-15)19(22)25-12-18(21)20-14-7-8-16-17(11-14)24-10-9-23-16/h2-8,11,13H,9-10,12H2,1H3,(H,20,21)/t13-/m1/s1. The zero-order chi connectivity index (χ0) is 18.4. The number of ether oxygens (including phenoxy) is 4. The Bertz CT molecular complexity index is 777. The maximum atomic E-state index is 12.0. The molecule has 0 bridgehead atoms. The number of carbonyl (C=O) groups excluding carboxylic acids is 2. The van der Waals surface area contributed by atoms with Gasteiger partial charge in [0.05, 0.1) is 0 Å². The minimum absolute atomic E-state index is 0.407. The molecule has 2 aromatic rings. The van der Waals surface area contributed by atoms with Gasteiger partial charge >= 0.3 is 5.97 Å². The van der Waals surface area contributed by atoms with Crippen molar-refractivity contribution in [3.05, 3.63) is 48.5 Å². The highest BCUT2D eigenvalue weighted by atomic mass is 16.6. The van der Waals surface area contributed by atoms with E-state index in [4.69, 9.17) is 18.9 Å². The van der Waals surface area contributed by atoms with Gasteiger partial charge in [-0.15, -0.1) is 0 Å². The average Bonchev–Trinajstić information content (AvgIpc) is 2.66. The zero-order valence-electron chi connectivity index (χ0n) is 14.3. The van der Waals surface area contributed by atoms with Crippen LogP contribution in [-0.2, 0) is 14.3 Å². The van der Waals surface area contributed by atoms with E-state index in [-0.39, 0.29) is 0 Å². The molecule has 0 aliphatic carbocycles. The first-order valence-corrected chi connectivity index (χ1v) is 8.19. The molecule has 1 heterocycles. The van der Waals surface area contributed by atoms with E-state index in [1.165, 1.54) is 0 Å². The maximum Gasteiger partial charge on any atom is 0.347 e. The molecule has 0 aromatic heterocycles. The molecule has 1 N–H and O–H groups in total. The van der Waals surface area contributed by atoms with Crippen LogP contribution in [0.4, 0.5) is 5.69 Å². The summed E-state index contributed by atoms with van der Waals surface area (Å²) in [7, 11) is 0. The van der Waals surface area contributed by atoms with Gasteiger partial charge in [-0.25, -0.2) is 4.79 Å². The first-order chi connectivity index (χ1) is 12.6. The van der Waals surface area contributed by atoms with Crippen molar-refractivity contribution in [1.82, 2.24) is 0 Å². The summed E-state index contributed by atoms with van der Waals surface area (Å²) in [5, 5.41) is 2.64. The van der Waals surface area contributed by atoms with Crippen molar-refractivity contribution in [2.24, 2.45) is 0 Å². The van der Waals surface area contributed by atoms with Gasteiger partial charge in [-0.05, 0) is 31.2 Å². The number of rotatable bonds is 6. The molecule has 7 heteroatoms. The largest absolute Gasteiger partial charge is 0.486 e. The summed E-state index contributed by atoms with van der Waals surface area (Å²) in [6.45, 7) is 2.11. The molecular formula is C19H19NO6. The van der Waals surface area contributed by atoms with E-state index in [1.54, 1.807) is 49.4 Å². The monoisotopic (exact) mass is 357 g/mol. The van der Waals surface area contributed by atoms with Gasteiger partial charge in [-0.3, -0.25) is 4.79 Å². The van der Waals surface area contributed by atoms with Crippen molar-refractivity contribution < 1.29 is 28.5 Å². The van der Waals surface area contributed by atoms with E-state index in [9.17, 15) is 9.59 Å². The Hall–Kier alpha value is -3.22. The summed E-state index contributed by atoms with van der Waals surface area (Å²) >= 11 is 0. The molecule has 2 aromatic carbocycles. The smallest absolute Gasteiger partial charge is 0.347 e. The molecule has 0 unspecified atom stereocenters. The first kappa shape index (κ1) is 17.6. The van der Waals surface area contributed by atoms with Gasteiger partial charge < -0.3 is 24.3 Å². The molecule has 1 aliphatic heterocycles. The number of fused-ring (bicyclic) bond motifs is 1. The lowest BCUT2D eigenvalue weighted by molar-refractivity contribution is -0.153. The fraction of sp³-hybridized carbons (Fsp3) is 0.263. The normalized spacial score (nSPS) is 13.4. The zero-order valence-corrected chi connectivity index (χ0v) is 14.3. The van der Waals surface area contributed by atoms with Crippen molar-refractivity contribution >= 4 is 17.6 Å². The Morgan fingerprint density at radius 2 is 1.81 bits per heavy atom. The van der Waals surface area contributed by atoms with Gasteiger partial charge in [-0.2, -0.15) is 0 Å². The minimum atomic E-state index is -0.820. The van der Waals surface area contributed by atoms with Gasteiger partial charge in [0.25, 0.3) is 5.91 Å². The lowest BCUT2D eigenvalue weighted by atomic mass is 10.2. The molecule has 0 saturated carbocycles. The summed E-state index contributed by atoms with van der Waals surface area (Å²) < 4.78 is 21.3. The number of benzene rings is 2. The number of carbonyl (C=O) groups is 2. The minimum Gasteiger partial charge on any atom is -0.486 e. The second kappa shape index (κ2) is 8.24. The summed E-state index contributed by atoms with van der Waals surface area (Å²) in [5.41, 5.74) is 0.531. The Balaban J connectivity index is 1.47. The van der Waals surface area contributed by atoms with Gasteiger partial charge in [0.15, 0.2) is 24.2 Å². The van der Waals surface area contributed by atoms with Crippen LogP contribution in [-0.4, -0.2) is 37.8 Å². The van der Waals surface area contributed by atoms with E-state index in [2.05, 4.69) is 5.32 Å². The number of anilines is 1. The van der Waals surface area contributed by atoms with Crippen LogP contribution < -0.4 is 19.5 Å². The summed E-state index contributed by atoms with van der Waals surface area (Å²) in [6.07, 6.45) is -0.820. The molecule has 1 aliphatic rings.